The molecule has 3 heterocycles. The van der Waals surface area contributed by atoms with Gasteiger partial charge in [0.15, 0.2) is 0 Å². The molecular weight excluding hydrogens is 381 g/mol. The molecule has 3 aromatic rings. The predicted molar refractivity (Wildman–Crippen MR) is 103 cm³/mol. The molecule has 0 aliphatic carbocycles. The molecule has 3 N–H and O–H groups in total. The predicted octanol–water partition coefficient (Wildman–Crippen LogP) is 4.07. The van der Waals surface area contributed by atoms with Gasteiger partial charge in [-0.3, -0.25) is 0 Å². The van der Waals surface area contributed by atoms with Gasteiger partial charge in [-0.15, -0.1) is 0 Å². The maximum absolute atomic E-state index is 13.6. The van der Waals surface area contributed by atoms with E-state index in [1.54, 1.807) is 18.2 Å². The van der Waals surface area contributed by atoms with E-state index in [9.17, 15) is 13.2 Å². The van der Waals surface area contributed by atoms with Crippen LogP contribution in [0.25, 0.3) is 22.2 Å². The number of nitriles is 1. The molecule has 1 saturated heterocycles. The van der Waals surface area contributed by atoms with Gasteiger partial charge >= 0.3 is 6.18 Å². The highest BCUT2D eigenvalue weighted by molar-refractivity contribution is 5.96. The van der Waals surface area contributed by atoms with E-state index in [2.05, 4.69) is 25.6 Å². The first-order chi connectivity index (χ1) is 14.0. The van der Waals surface area contributed by atoms with Crippen LogP contribution >= 0.6 is 0 Å². The van der Waals surface area contributed by atoms with Crippen molar-refractivity contribution < 1.29 is 13.2 Å². The highest BCUT2D eigenvalue weighted by Gasteiger charge is 2.36. The van der Waals surface area contributed by atoms with Gasteiger partial charge in [0.1, 0.15) is 5.56 Å². The van der Waals surface area contributed by atoms with Crippen molar-refractivity contribution in [2.24, 2.45) is 0 Å². The zero-order valence-corrected chi connectivity index (χ0v) is 15.5. The summed E-state index contributed by atoms with van der Waals surface area (Å²) in [5.41, 5.74) is 0.238. The number of halogens is 3. The second kappa shape index (κ2) is 7.72. The standard InChI is InChI=1S/C20H19F3N6/c21-20(22,23)16-11-27-19(28-13-3-1-2-6-25-9-13)29-18(16)15-10-26-17-7-12(8-24)4-5-14(15)17/h4-5,7,10-11,13,25-26H,1-3,6,9H2,(H,27,28,29)/t13-/m0/s1. The maximum Gasteiger partial charge on any atom is 0.419 e. The zero-order valence-electron chi connectivity index (χ0n) is 15.5. The van der Waals surface area contributed by atoms with Crippen molar-refractivity contribution >= 4 is 16.9 Å². The third-order valence-corrected chi connectivity index (χ3v) is 5.04. The second-order valence-electron chi connectivity index (χ2n) is 7.07. The van der Waals surface area contributed by atoms with Gasteiger partial charge in [0.25, 0.3) is 0 Å². The first kappa shape index (κ1) is 19.2. The van der Waals surface area contributed by atoms with Crippen molar-refractivity contribution in [1.82, 2.24) is 20.3 Å². The number of hydrogen-bond donors (Lipinski definition) is 3. The number of nitrogens with one attached hydrogen (secondary N) is 3. The monoisotopic (exact) mass is 400 g/mol. The van der Waals surface area contributed by atoms with Crippen molar-refractivity contribution in [2.45, 2.75) is 31.5 Å². The van der Waals surface area contributed by atoms with Crippen LogP contribution < -0.4 is 10.6 Å². The number of benzene rings is 1. The van der Waals surface area contributed by atoms with Crippen LogP contribution in [0.4, 0.5) is 19.1 Å². The summed E-state index contributed by atoms with van der Waals surface area (Å²) in [5.74, 6) is 0.171. The molecule has 0 amide bonds. The topological polar surface area (TPSA) is 89.4 Å². The Morgan fingerprint density at radius 2 is 2.10 bits per heavy atom. The molecule has 1 fully saturated rings. The molecule has 0 radical (unpaired) electrons. The van der Waals surface area contributed by atoms with Crippen LogP contribution in [-0.4, -0.2) is 34.1 Å². The zero-order chi connectivity index (χ0) is 20.4. The summed E-state index contributed by atoms with van der Waals surface area (Å²) in [5, 5.41) is 16.1. The molecule has 9 heteroatoms. The molecule has 1 aliphatic rings. The van der Waals surface area contributed by atoms with Gasteiger partial charge in [-0.1, -0.05) is 12.5 Å². The number of fused-ring (bicyclic) bond motifs is 1. The van der Waals surface area contributed by atoms with Gasteiger partial charge in [-0.2, -0.15) is 18.4 Å². The highest BCUT2D eigenvalue weighted by Crippen LogP contribution is 2.38. The van der Waals surface area contributed by atoms with E-state index in [1.807, 2.05) is 6.07 Å². The minimum absolute atomic E-state index is 0.0586. The van der Waals surface area contributed by atoms with Crippen LogP contribution in [0.5, 0.6) is 0 Å². The SMILES string of the molecule is N#Cc1ccc2c(-c3nc(N[C@H]4CCCCNC4)ncc3C(F)(F)F)c[nH]c2c1. The molecule has 0 unspecified atom stereocenters. The Morgan fingerprint density at radius 1 is 1.24 bits per heavy atom. The quantitative estimate of drug-likeness (QED) is 0.617. The lowest BCUT2D eigenvalue weighted by Gasteiger charge is -2.18. The van der Waals surface area contributed by atoms with Gasteiger partial charge < -0.3 is 15.6 Å². The van der Waals surface area contributed by atoms with Crippen LogP contribution in [0, 0.1) is 11.3 Å². The van der Waals surface area contributed by atoms with Crippen LogP contribution in [0.15, 0.2) is 30.6 Å². The fourth-order valence-corrected chi connectivity index (χ4v) is 3.58. The lowest BCUT2D eigenvalue weighted by molar-refractivity contribution is -0.137. The molecule has 0 saturated carbocycles. The third kappa shape index (κ3) is 4.03. The van der Waals surface area contributed by atoms with E-state index >= 15 is 0 Å². The molecule has 1 atom stereocenters. The Bertz CT molecular complexity index is 1060. The van der Waals surface area contributed by atoms with Crippen LogP contribution in [0.3, 0.4) is 0 Å². The molecule has 4 rings (SSSR count). The Kier molecular flexibility index (Phi) is 5.11. The van der Waals surface area contributed by atoms with E-state index in [1.165, 1.54) is 6.20 Å². The van der Waals surface area contributed by atoms with Gasteiger partial charge in [0.2, 0.25) is 5.95 Å². The summed E-state index contributed by atoms with van der Waals surface area (Å²) >= 11 is 0. The number of hydrogen-bond acceptors (Lipinski definition) is 5. The summed E-state index contributed by atoms with van der Waals surface area (Å²) in [6.07, 6.45) is 0.724. The molecule has 2 aromatic heterocycles. The van der Waals surface area contributed by atoms with E-state index in [0.29, 0.717) is 28.6 Å². The molecule has 29 heavy (non-hydrogen) atoms. The minimum atomic E-state index is -4.59. The Morgan fingerprint density at radius 3 is 2.90 bits per heavy atom. The fraction of sp³-hybridized carbons (Fsp3) is 0.350. The minimum Gasteiger partial charge on any atom is -0.360 e. The number of nitrogens with zero attached hydrogens (tertiary/aromatic N) is 3. The second-order valence-corrected chi connectivity index (χ2v) is 7.07. The normalized spacial score (nSPS) is 17.7. The van der Waals surface area contributed by atoms with Crippen molar-refractivity contribution in [2.75, 3.05) is 18.4 Å². The third-order valence-electron chi connectivity index (χ3n) is 5.04. The Balaban J connectivity index is 1.77. The molecule has 1 aromatic carbocycles. The Labute approximate surface area is 165 Å². The summed E-state index contributed by atoms with van der Waals surface area (Å²) < 4.78 is 40.9. The first-order valence-corrected chi connectivity index (χ1v) is 9.39. The lowest BCUT2D eigenvalue weighted by atomic mass is 10.0. The van der Waals surface area contributed by atoms with E-state index in [4.69, 9.17) is 5.26 Å². The van der Waals surface area contributed by atoms with Gasteiger partial charge in [0.05, 0.1) is 17.3 Å². The molecule has 1 aliphatic heterocycles. The van der Waals surface area contributed by atoms with Gasteiger partial charge in [-0.05, 0) is 31.5 Å². The largest absolute Gasteiger partial charge is 0.419 e. The van der Waals surface area contributed by atoms with E-state index in [-0.39, 0.29) is 17.7 Å². The number of aromatic nitrogens is 3. The molecular formula is C20H19F3N6. The van der Waals surface area contributed by atoms with Crippen molar-refractivity contribution in [1.29, 1.82) is 5.26 Å². The fourth-order valence-electron chi connectivity index (χ4n) is 3.58. The number of aromatic amines is 1. The number of rotatable bonds is 3. The van der Waals surface area contributed by atoms with E-state index < -0.39 is 11.7 Å². The average molecular weight is 400 g/mol. The summed E-state index contributed by atoms with van der Waals surface area (Å²) in [6, 6.07) is 6.88. The van der Waals surface area contributed by atoms with Gasteiger partial charge in [0, 0.05) is 41.4 Å². The Hall–Kier alpha value is -3.12. The van der Waals surface area contributed by atoms with Crippen LogP contribution in [-0.2, 0) is 6.18 Å². The summed E-state index contributed by atoms with van der Waals surface area (Å²) in [6.45, 7) is 1.64. The van der Waals surface area contributed by atoms with Gasteiger partial charge in [-0.25, -0.2) is 9.97 Å². The van der Waals surface area contributed by atoms with E-state index in [0.717, 1.165) is 32.0 Å². The van der Waals surface area contributed by atoms with Crippen molar-refractivity contribution in [3.05, 3.63) is 41.7 Å². The number of anilines is 1. The molecule has 6 nitrogen and oxygen atoms in total. The van der Waals surface area contributed by atoms with Crippen molar-refractivity contribution in [3.8, 4) is 17.3 Å². The van der Waals surface area contributed by atoms with Crippen LogP contribution in [0.2, 0.25) is 0 Å². The van der Waals surface area contributed by atoms with Crippen molar-refractivity contribution in [3.63, 3.8) is 0 Å². The number of H-pyrrole nitrogens is 1. The molecule has 0 bridgehead atoms. The maximum atomic E-state index is 13.6. The lowest BCUT2D eigenvalue weighted by Crippen LogP contribution is -2.31. The smallest absolute Gasteiger partial charge is 0.360 e. The number of alkyl halides is 3. The average Bonchev–Trinajstić information content (AvgIpc) is 2.95. The summed E-state index contributed by atoms with van der Waals surface area (Å²) in [4.78, 5) is 11.1. The first-order valence-electron chi connectivity index (χ1n) is 9.39. The molecule has 0 spiro atoms. The van der Waals surface area contributed by atoms with Crippen LogP contribution in [0.1, 0.15) is 30.4 Å². The molecule has 150 valence electrons. The highest BCUT2D eigenvalue weighted by atomic mass is 19.4. The summed E-state index contributed by atoms with van der Waals surface area (Å²) in [7, 11) is 0.